The first-order chi connectivity index (χ1) is 10.7. The van der Waals surface area contributed by atoms with E-state index in [1.54, 1.807) is 0 Å². The highest BCUT2D eigenvalue weighted by molar-refractivity contribution is 4.96. The van der Waals surface area contributed by atoms with Gasteiger partial charge in [-0.1, -0.05) is 73.1 Å². The molecule has 0 rings (SSSR count). The second-order valence-corrected chi connectivity index (χ2v) is 10.8. The van der Waals surface area contributed by atoms with Crippen molar-refractivity contribution in [3.63, 3.8) is 0 Å². The van der Waals surface area contributed by atoms with Gasteiger partial charge in [0.1, 0.15) is 0 Å². The Hall–Kier alpha value is -0.520. The van der Waals surface area contributed by atoms with Gasteiger partial charge in [-0.15, -0.1) is 6.58 Å². The summed E-state index contributed by atoms with van der Waals surface area (Å²) in [5.41, 5.74) is 2.62. The lowest BCUT2D eigenvalue weighted by Gasteiger charge is -2.37. The monoisotopic (exact) mass is 334 g/mol. The summed E-state index contributed by atoms with van der Waals surface area (Å²) in [6.07, 6.45) is 10.9. The van der Waals surface area contributed by atoms with Crippen molar-refractivity contribution < 1.29 is 0 Å². The molecule has 0 nitrogen and oxygen atoms in total. The highest BCUT2D eigenvalue weighted by Gasteiger charge is 2.30. The predicted octanol–water partition coefficient (Wildman–Crippen LogP) is 8.44. The van der Waals surface area contributed by atoms with E-state index in [2.05, 4.69) is 88.0 Å². The number of hydrogen-bond acceptors (Lipinski definition) is 0. The van der Waals surface area contributed by atoms with Crippen molar-refractivity contribution in [1.29, 1.82) is 0 Å². The Balaban J connectivity index is 4.58. The van der Waals surface area contributed by atoms with Crippen LogP contribution in [0, 0.1) is 28.1 Å². The number of rotatable bonds is 11. The minimum absolute atomic E-state index is 0.352. The van der Waals surface area contributed by atoms with Crippen molar-refractivity contribution in [2.24, 2.45) is 28.1 Å². The van der Waals surface area contributed by atoms with E-state index in [-0.39, 0.29) is 0 Å². The zero-order chi connectivity index (χ0) is 19.2. The first-order valence-corrected chi connectivity index (χ1v) is 9.97. The summed E-state index contributed by atoms with van der Waals surface area (Å²) in [7, 11) is 0. The molecule has 0 aromatic heterocycles. The Morgan fingerprint density at radius 3 is 1.83 bits per heavy atom. The second kappa shape index (κ2) is 9.25. The fourth-order valence-corrected chi connectivity index (χ4v) is 3.83. The van der Waals surface area contributed by atoms with Crippen molar-refractivity contribution in [3.05, 3.63) is 24.3 Å². The van der Waals surface area contributed by atoms with Crippen LogP contribution in [0.2, 0.25) is 0 Å². The van der Waals surface area contributed by atoms with Crippen LogP contribution >= 0.6 is 0 Å². The lowest BCUT2D eigenvalue weighted by molar-refractivity contribution is 0.158. The summed E-state index contributed by atoms with van der Waals surface area (Å²) < 4.78 is 0. The second-order valence-electron chi connectivity index (χ2n) is 10.8. The Bertz CT molecular complexity index is 402. The van der Waals surface area contributed by atoms with Gasteiger partial charge in [-0.2, -0.15) is 0 Å². The van der Waals surface area contributed by atoms with Crippen LogP contribution in [-0.4, -0.2) is 0 Å². The van der Waals surface area contributed by atoms with E-state index in [4.69, 9.17) is 0 Å². The van der Waals surface area contributed by atoms with E-state index in [0.717, 1.165) is 5.92 Å². The third kappa shape index (κ3) is 9.70. The summed E-state index contributed by atoms with van der Waals surface area (Å²) in [5, 5.41) is 0. The lowest BCUT2D eigenvalue weighted by Crippen LogP contribution is -2.25. The summed E-state index contributed by atoms with van der Waals surface area (Å²) >= 11 is 0. The average Bonchev–Trinajstić information content (AvgIpc) is 2.41. The zero-order valence-corrected chi connectivity index (χ0v) is 18.6. The molecule has 0 saturated carbocycles. The molecule has 0 aliphatic carbocycles. The predicted molar refractivity (Wildman–Crippen MR) is 112 cm³/mol. The van der Waals surface area contributed by atoms with Crippen molar-refractivity contribution in [3.8, 4) is 0 Å². The number of hydrogen-bond donors (Lipinski definition) is 0. The van der Waals surface area contributed by atoms with Gasteiger partial charge in [-0.25, -0.2) is 0 Å². The van der Waals surface area contributed by atoms with Gasteiger partial charge in [-0.05, 0) is 74.0 Å². The molecule has 24 heavy (non-hydrogen) atoms. The highest BCUT2D eigenvalue weighted by Crippen LogP contribution is 2.41. The summed E-state index contributed by atoms with van der Waals surface area (Å²) in [4.78, 5) is 0. The van der Waals surface area contributed by atoms with Crippen molar-refractivity contribution >= 4 is 0 Å². The van der Waals surface area contributed by atoms with E-state index in [9.17, 15) is 0 Å². The normalized spacial score (nSPS) is 15.8. The minimum atomic E-state index is 0.352. The van der Waals surface area contributed by atoms with E-state index >= 15 is 0 Å². The first-order valence-electron chi connectivity index (χ1n) is 9.97. The van der Waals surface area contributed by atoms with Gasteiger partial charge in [0.15, 0.2) is 0 Å². The molecule has 0 aromatic carbocycles. The SMILES string of the molecule is C=CC(C)C(C)(C)CCC(C)(C)CC(C)CC(C)(C)CC=C(C)C. The van der Waals surface area contributed by atoms with Crippen LogP contribution in [0.3, 0.4) is 0 Å². The van der Waals surface area contributed by atoms with Crippen LogP contribution in [0.1, 0.15) is 101 Å². The molecule has 0 aliphatic rings. The van der Waals surface area contributed by atoms with Gasteiger partial charge in [0.2, 0.25) is 0 Å². The lowest BCUT2D eigenvalue weighted by atomic mass is 9.69. The minimum Gasteiger partial charge on any atom is -0.103 e. The molecular formula is C24H46. The third-order valence-corrected chi connectivity index (χ3v) is 5.90. The van der Waals surface area contributed by atoms with Crippen LogP contribution in [0.4, 0.5) is 0 Å². The van der Waals surface area contributed by atoms with Gasteiger partial charge in [-0.3, -0.25) is 0 Å². The molecule has 0 heterocycles. The summed E-state index contributed by atoms with van der Waals surface area (Å²) in [6, 6.07) is 0. The summed E-state index contributed by atoms with van der Waals surface area (Å²) in [6.45, 7) is 27.7. The van der Waals surface area contributed by atoms with Gasteiger partial charge >= 0.3 is 0 Å². The molecule has 0 heteroatoms. The Morgan fingerprint density at radius 2 is 1.38 bits per heavy atom. The van der Waals surface area contributed by atoms with Crippen LogP contribution in [0.25, 0.3) is 0 Å². The molecule has 0 bridgehead atoms. The first kappa shape index (κ1) is 23.5. The molecule has 0 fully saturated rings. The molecule has 2 unspecified atom stereocenters. The third-order valence-electron chi connectivity index (χ3n) is 5.90. The van der Waals surface area contributed by atoms with Crippen LogP contribution in [0.5, 0.6) is 0 Å². The Morgan fingerprint density at radius 1 is 0.875 bits per heavy atom. The molecule has 0 radical (unpaired) electrons. The molecule has 0 aliphatic heterocycles. The molecule has 0 spiro atoms. The maximum atomic E-state index is 3.99. The van der Waals surface area contributed by atoms with Gasteiger partial charge < -0.3 is 0 Å². The maximum absolute atomic E-state index is 3.99. The van der Waals surface area contributed by atoms with Crippen LogP contribution in [-0.2, 0) is 0 Å². The van der Waals surface area contributed by atoms with Crippen molar-refractivity contribution in [2.75, 3.05) is 0 Å². The quantitative estimate of drug-likeness (QED) is 0.332. The average molecular weight is 335 g/mol. The zero-order valence-electron chi connectivity index (χ0n) is 18.6. The van der Waals surface area contributed by atoms with E-state index < -0.39 is 0 Å². The molecule has 0 N–H and O–H groups in total. The molecule has 0 aromatic rings. The highest BCUT2D eigenvalue weighted by atomic mass is 14.3. The van der Waals surface area contributed by atoms with E-state index in [1.807, 2.05) is 0 Å². The molecule has 0 amide bonds. The van der Waals surface area contributed by atoms with Gasteiger partial charge in [0, 0.05) is 0 Å². The van der Waals surface area contributed by atoms with E-state index in [0.29, 0.717) is 22.2 Å². The molecule has 142 valence electrons. The van der Waals surface area contributed by atoms with Crippen molar-refractivity contribution in [1.82, 2.24) is 0 Å². The summed E-state index contributed by atoms with van der Waals surface area (Å²) in [5.74, 6) is 1.36. The maximum Gasteiger partial charge on any atom is -0.0213 e. The fourth-order valence-electron chi connectivity index (χ4n) is 3.83. The largest absolute Gasteiger partial charge is 0.103 e. The van der Waals surface area contributed by atoms with Crippen molar-refractivity contribution in [2.45, 2.75) is 101 Å². The van der Waals surface area contributed by atoms with E-state index in [1.165, 1.54) is 37.7 Å². The van der Waals surface area contributed by atoms with Crippen LogP contribution in [0.15, 0.2) is 24.3 Å². The topological polar surface area (TPSA) is 0 Å². The van der Waals surface area contributed by atoms with Crippen LogP contribution < -0.4 is 0 Å². The Labute approximate surface area is 154 Å². The number of allylic oxidation sites excluding steroid dienone is 3. The molecule has 2 atom stereocenters. The Kier molecular flexibility index (Phi) is 9.05. The fraction of sp³-hybridized carbons (Fsp3) is 0.833. The molecular weight excluding hydrogens is 288 g/mol. The standard InChI is InChI=1S/C24H46/c1-12-21(5)24(10,11)16-15-23(8,9)18-20(4)17-22(6,7)14-13-19(2)3/h12-13,20-21H,1,14-18H2,2-11H3. The smallest absolute Gasteiger partial charge is 0.0213 e. The molecule has 0 saturated heterocycles. The van der Waals surface area contributed by atoms with Gasteiger partial charge in [0.25, 0.3) is 0 Å². The van der Waals surface area contributed by atoms with Gasteiger partial charge in [0.05, 0.1) is 0 Å².